The van der Waals surface area contributed by atoms with Gasteiger partial charge in [-0.15, -0.1) is 0 Å². The van der Waals surface area contributed by atoms with Gasteiger partial charge < -0.3 is 9.72 Å². The highest BCUT2D eigenvalue weighted by Gasteiger charge is 2.19. The summed E-state index contributed by atoms with van der Waals surface area (Å²) in [5, 5.41) is 0.720. The summed E-state index contributed by atoms with van der Waals surface area (Å²) in [6.45, 7) is 1.74. The number of halogens is 1. The quantitative estimate of drug-likeness (QED) is 0.792. The highest BCUT2D eigenvalue weighted by atomic mass is 19.1. The standard InChI is InChI=1S/C12H12FNO2/c1-7(12(15)16-2)10-6-14-11-4-3-8(13)5-9(10)11/h3-7,14H,1-2H3. The van der Waals surface area contributed by atoms with Gasteiger partial charge in [-0.05, 0) is 30.7 Å². The molecular weight excluding hydrogens is 209 g/mol. The highest BCUT2D eigenvalue weighted by Crippen LogP contribution is 2.26. The molecule has 0 saturated heterocycles. The van der Waals surface area contributed by atoms with E-state index in [1.165, 1.54) is 19.2 Å². The van der Waals surface area contributed by atoms with E-state index in [0.717, 1.165) is 16.5 Å². The second kappa shape index (κ2) is 3.96. The summed E-state index contributed by atoms with van der Waals surface area (Å²) in [5.41, 5.74) is 1.56. The molecule has 4 heteroatoms. The molecule has 0 aliphatic heterocycles. The lowest BCUT2D eigenvalue weighted by molar-refractivity contribution is -0.141. The first kappa shape index (κ1) is 10.7. The average molecular weight is 221 g/mol. The van der Waals surface area contributed by atoms with Crippen molar-refractivity contribution in [2.75, 3.05) is 7.11 Å². The van der Waals surface area contributed by atoms with Crippen LogP contribution in [0.3, 0.4) is 0 Å². The summed E-state index contributed by atoms with van der Waals surface area (Å²) >= 11 is 0. The zero-order valence-corrected chi connectivity index (χ0v) is 9.08. The number of benzene rings is 1. The largest absolute Gasteiger partial charge is 0.469 e. The summed E-state index contributed by atoms with van der Waals surface area (Å²) in [6.07, 6.45) is 1.71. The fourth-order valence-electron chi connectivity index (χ4n) is 1.78. The third-order valence-electron chi connectivity index (χ3n) is 2.70. The molecule has 1 unspecified atom stereocenters. The van der Waals surface area contributed by atoms with E-state index >= 15 is 0 Å². The fraction of sp³-hybridized carbons (Fsp3) is 0.250. The Balaban J connectivity index is 2.52. The molecule has 2 aromatic rings. The maximum absolute atomic E-state index is 13.1. The number of ether oxygens (including phenoxy) is 1. The van der Waals surface area contributed by atoms with E-state index in [9.17, 15) is 9.18 Å². The van der Waals surface area contributed by atoms with Crippen LogP contribution in [-0.4, -0.2) is 18.1 Å². The number of esters is 1. The van der Waals surface area contributed by atoms with Gasteiger partial charge in [0.05, 0.1) is 13.0 Å². The zero-order chi connectivity index (χ0) is 11.7. The van der Waals surface area contributed by atoms with Crippen molar-refractivity contribution in [2.24, 2.45) is 0 Å². The van der Waals surface area contributed by atoms with Crippen LogP contribution in [0, 0.1) is 5.82 Å². The lowest BCUT2D eigenvalue weighted by Gasteiger charge is -2.07. The smallest absolute Gasteiger partial charge is 0.312 e. The summed E-state index contributed by atoms with van der Waals surface area (Å²) in [4.78, 5) is 14.4. The summed E-state index contributed by atoms with van der Waals surface area (Å²) in [6, 6.07) is 4.45. The Morgan fingerprint density at radius 3 is 2.94 bits per heavy atom. The number of rotatable bonds is 2. The van der Waals surface area contributed by atoms with Crippen molar-refractivity contribution in [3.8, 4) is 0 Å². The minimum absolute atomic E-state index is 0.314. The van der Waals surface area contributed by atoms with Crippen molar-refractivity contribution in [3.05, 3.63) is 35.8 Å². The van der Waals surface area contributed by atoms with Gasteiger partial charge in [-0.25, -0.2) is 4.39 Å². The van der Waals surface area contributed by atoms with Crippen molar-refractivity contribution in [1.29, 1.82) is 0 Å². The molecule has 0 fully saturated rings. The van der Waals surface area contributed by atoms with Gasteiger partial charge in [0.25, 0.3) is 0 Å². The SMILES string of the molecule is COC(=O)C(C)c1c[nH]c2ccc(F)cc12. The molecule has 0 aliphatic carbocycles. The topological polar surface area (TPSA) is 42.1 Å². The van der Waals surface area contributed by atoms with Gasteiger partial charge in [0.1, 0.15) is 5.82 Å². The van der Waals surface area contributed by atoms with E-state index in [4.69, 9.17) is 0 Å². The molecule has 0 saturated carbocycles. The van der Waals surface area contributed by atoms with Crippen molar-refractivity contribution in [2.45, 2.75) is 12.8 Å². The van der Waals surface area contributed by atoms with E-state index in [1.54, 1.807) is 19.2 Å². The number of hydrogen-bond donors (Lipinski definition) is 1. The van der Waals surface area contributed by atoms with Gasteiger partial charge in [0.2, 0.25) is 0 Å². The molecule has 0 radical (unpaired) electrons. The second-order valence-electron chi connectivity index (χ2n) is 3.68. The Hall–Kier alpha value is -1.84. The number of fused-ring (bicyclic) bond motifs is 1. The minimum atomic E-state index is -0.402. The Bertz CT molecular complexity index is 533. The predicted molar refractivity (Wildman–Crippen MR) is 58.7 cm³/mol. The fourth-order valence-corrected chi connectivity index (χ4v) is 1.78. The van der Waals surface area contributed by atoms with Crippen LogP contribution >= 0.6 is 0 Å². The van der Waals surface area contributed by atoms with E-state index in [-0.39, 0.29) is 11.8 Å². The molecule has 0 spiro atoms. The van der Waals surface area contributed by atoms with E-state index in [0.29, 0.717) is 0 Å². The van der Waals surface area contributed by atoms with Crippen LogP contribution < -0.4 is 0 Å². The maximum atomic E-state index is 13.1. The molecule has 3 nitrogen and oxygen atoms in total. The molecule has 0 bridgehead atoms. The number of carbonyl (C=O) groups is 1. The third-order valence-corrected chi connectivity index (χ3v) is 2.70. The Morgan fingerprint density at radius 2 is 2.25 bits per heavy atom. The molecule has 16 heavy (non-hydrogen) atoms. The van der Waals surface area contributed by atoms with Gasteiger partial charge in [-0.2, -0.15) is 0 Å². The van der Waals surface area contributed by atoms with Crippen LogP contribution in [0.1, 0.15) is 18.4 Å². The zero-order valence-electron chi connectivity index (χ0n) is 9.08. The van der Waals surface area contributed by atoms with E-state index in [2.05, 4.69) is 9.72 Å². The number of aromatic amines is 1. The molecular formula is C12H12FNO2. The van der Waals surface area contributed by atoms with Crippen LogP contribution in [0.25, 0.3) is 10.9 Å². The second-order valence-corrected chi connectivity index (χ2v) is 3.68. The molecule has 1 atom stereocenters. The molecule has 1 heterocycles. The predicted octanol–water partition coefficient (Wildman–Crippen LogP) is 2.58. The van der Waals surface area contributed by atoms with Crippen LogP contribution in [0.15, 0.2) is 24.4 Å². The lowest BCUT2D eigenvalue weighted by atomic mass is 10.0. The summed E-state index contributed by atoms with van der Waals surface area (Å²) in [5.74, 6) is -1.05. The number of aromatic nitrogens is 1. The first-order valence-electron chi connectivity index (χ1n) is 4.98. The monoisotopic (exact) mass is 221 g/mol. The molecule has 0 aliphatic rings. The molecule has 1 aromatic heterocycles. The van der Waals surface area contributed by atoms with Crippen LogP contribution in [0.2, 0.25) is 0 Å². The van der Waals surface area contributed by atoms with Crippen molar-refractivity contribution in [1.82, 2.24) is 4.98 Å². The van der Waals surface area contributed by atoms with E-state index < -0.39 is 5.92 Å². The third kappa shape index (κ3) is 1.66. The average Bonchev–Trinajstić information content (AvgIpc) is 2.69. The first-order chi connectivity index (χ1) is 7.63. The minimum Gasteiger partial charge on any atom is -0.469 e. The van der Waals surface area contributed by atoms with E-state index in [1.807, 2.05) is 0 Å². The summed E-state index contributed by atoms with van der Waals surface area (Å²) in [7, 11) is 1.34. The molecule has 1 aromatic carbocycles. The number of H-pyrrole nitrogens is 1. The van der Waals surface area contributed by atoms with Gasteiger partial charge in [0.15, 0.2) is 0 Å². The van der Waals surface area contributed by atoms with Gasteiger partial charge in [0, 0.05) is 17.1 Å². The molecule has 1 N–H and O–H groups in total. The highest BCUT2D eigenvalue weighted by molar-refractivity contribution is 5.89. The molecule has 2 rings (SSSR count). The van der Waals surface area contributed by atoms with Crippen LogP contribution in [0.4, 0.5) is 4.39 Å². The molecule has 0 amide bonds. The van der Waals surface area contributed by atoms with Gasteiger partial charge in [-0.1, -0.05) is 0 Å². The van der Waals surface area contributed by atoms with Crippen LogP contribution in [-0.2, 0) is 9.53 Å². The lowest BCUT2D eigenvalue weighted by Crippen LogP contribution is -2.10. The number of nitrogens with one attached hydrogen (secondary N) is 1. The first-order valence-corrected chi connectivity index (χ1v) is 4.98. The van der Waals surface area contributed by atoms with Crippen molar-refractivity contribution >= 4 is 16.9 Å². The van der Waals surface area contributed by atoms with Gasteiger partial charge in [-0.3, -0.25) is 4.79 Å². The van der Waals surface area contributed by atoms with Crippen molar-refractivity contribution in [3.63, 3.8) is 0 Å². The Kier molecular flexibility index (Phi) is 2.64. The number of carbonyl (C=O) groups excluding carboxylic acids is 1. The Labute approximate surface area is 92.2 Å². The van der Waals surface area contributed by atoms with Crippen LogP contribution in [0.5, 0.6) is 0 Å². The maximum Gasteiger partial charge on any atom is 0.312 e. The number of methoxy groups -OCH3 is 1. The summed E-state index contributed by atoms with van der Waals surface area (Å²) < 4.78 is 17.8. The van der Waals surface area contributed by atoms with Gasteiger partial charge >= 0.3 is 5.97 Å². The normalized spacial score (nSPS) is 12.7. The van der Waals surface area contributed by atoms with Crippen molar-refractivity contribution < 1.29 is 13.9 Å². The Morgan fingerprint density at radius 1 is 1.50 bits per heavy atom. The number of hydrogen-bond acceptors (Lipinski definition) is 2. The molecule has 84 valence electrons.